The molecular formula is C12H20N4O2. The monoisotopic (exact) mass is 252 g/mol. The van der Waals surface area contributed by atoms with Gasteiger partial charge >= 0.3 is 0 Å². The maximum Gasteiger partial charge on any atom is 0.238 e. The van der Waals surface area contributed by atoms with Crippen LogP contribution in [0.15, 0.2) is 6.33 Å². The van der Waals surface area contributed by atoms with Crippen molar-refractivity contribution in [1.82, 2.24) is 20.6 Å². The molecule has 2 rings (SSSR count). The Balaban J connectivity index is 1.95. The van der Waals surface area contributed by atoms with Crippen molar-refractivity contribution in [3.63, 3.8) is 0 Å². The first-order valence-corrected chi connectivity index (χ1v) is 6.07. The van der Waals surface area contributed by atoms with E-state index in [1.165, 1.54) is 0 Å². The molecule has 6 heteroatoms. The van der Waals surface area contributed by atoms with Crippen LogP contribution in [0.5, 0.6) is 0 Å². The van der Waals surface area contributed by atoms with Gasteiger partial charge in [0.25, 0.3) is 0 Å². The number of imidazole rings is 1. The lowest BCUT2D eigenvalue weighted by Crippen LogP contribution is -2.55. The van der Waals surface area contributed by atoms with Crippen LogP contribution >= 0.6 is 0 Å². The molecule has 2 heterocycles. The molecule has 6 nitrogen and oxygen atoms in total. The number of aromatic nitrogens is 2. The highest BCUT2D eigenvalue weighted by atomic mass is 16.5. The van der Waals surface area contributed by atoms with E-state index in [2.05, 4.69) is 20.6 Å². The molecule has 0 aromatic carbocycles. The standard InChI is InChI=1S/C12H20N4O2/c1-12(2,6-18-3)16-11(17)9-4-8-10(5-13-9)15-7-14-8/h7,9,13H,4-6H2,1-3H3,(H,14,15)(H,16,17). The Labute approximate surface area is 107 Å². The van der Waals surface area contributed by atoms with Gasteiger partial charge < -0.3 is 15.0 Å². The Kier molecular flexibility index (Phi) is 3.68. The van der Waals surface area contributed by atoms with Gasteiger partial charge in [-0.25, -0.2) is 4.98 Å². The number of fused-ring (bicyclic) bond motifs is 1. The number of nitrogens with one attached hydrogen (secondary N) is 3. The van der Waals surface area contributed by atoms with Crippen LogP contribution in [-0.4, -0.2) is 41.2 Å². The number of methoxy groups -OCH3 is 1. The van der Waals surface area contributed by atoms with E-state index in [0.717, 1.165) is 11.4 Å². The van der Waals surface area contributed by atoms with Crippen molar-refractivity contribution in [1.29, 1.82) is 0 Å². The molecule has 0 spiro atoms. The average molecular weight is 252 g/mol. The molecule has 1 amide bonds. The third-order valence-corrected chi connectivity index (χ3v) is 3.01. The lowest BCUT2D eigenvalue weighted by atomic mass is 10.0. The Morgan fingerprint density at radius 3 is 3.17 bits per heavy atom. The number of hydrogen-bond acceptors (Lipinski definition) is 4. The highest BCUT2D eigenvalue weighted by molar-refractivity contribution is 5.83. The predicted octanol–water partition coefficient (Wildman–Crippen LogP) is -0.0348. The fraction of sp³-hybridized carbons (Fsp3) is 0.667. The van der Waals surface area contributed by atoms with Crippen molar-refractivity contribution in [3.8, 4) is 0 Å². The van der Waals surface area contributed by atoms with Crippen LogP contribution < -0.4 is 10.6 Å². The Hall–Kier alpha value is -1.40. The Bertz CT molecular complexity index is 427. The quantitative estimate of drug-likeness (QED) is 0.703. The minimum Gasteiger partial charge on any atom is -0.382 e. The molecule has 0 bridgehead atoms. The number of hydrogen-bond donors (Lipinski definition) is 3. The SMILES string of the molecule is COCC(C)(C)NC(=O)C1Cc2nc[nH]c2CN1. The minimum atomic E-state index is -0.362. The van der Waals surface area contributed by atoms with Crippen LogP contribution in [0.25, 0.3) is 0 Å². The van der Waals surface area contributed by atoms with Gasteiger partial charge in [0.15, 0.2) is 0 Å². The number of nitrogens with zero attached hydrogens (tertiary/aromatic N) is 1. The molecular weight excluding hydrogens is 232 g/mol. The normalized spacial score (nSPS) is 19.4. The molecule has 1 aromatic heterocycles. The third-order valence-electron chi connectivity index (χ3n) is 3.01. The molecule has 0 radical (unpaired) electrons. The van der Waals surface area contributed by atoms with Crippen molar-refractivity contribution in [2.75, 3.05) is 13.7 Å². The van der Waals surface area contributed by atoms with Crippen LogP contribution in [-0.2, 0) is 22.5 Å². The summed E-state index contributed by atoms with van der Waals surface area (Å²) in [6.07, 6.45) is 2.29. The summed E-state index contributed by atoms with van der Waals surface area (Å²) in [6.45, 7) is 5.02. The summed E-state index contributed by atoms with van der Waals surface area (Å²) in [4.78, 5) is 19.4. The van der Waals surface area contributed by atoms with Gasteiger partial charge in [-0.3, -0.25) is 10.1 Å². The number of ether oxygens (including phenoxy) is 1. The summed E-state index contributed by atoms with van der Waals surface area (Å²) in [5.41, 5.74) is 1.67. The lowest BCUT2D eigenvalue weighted by molar-refractivity contribution is -0.125. The van der Waals surface area contributed by atoms with Gasteiger partial charge in [-0.1, -0.05) is 0 Å². The number of carbonyl (C=O) groups excluding carboxylic acids is 1. The van der Waals surface area contributed by atoms with Crippen molar-refractivity contribution in [2.24, 2.45) is 0 Å². The summed E-state index contributed by atoms with van der Waals surface area (Å²) in [5.74, 6) is -0.00861. The van der Waals surface area contributed by atoms with Gasteiger partial charge in [0.1, 0.15) is 0 Å². The van der Waals surface area contributed by atoms with Gasteiger partial charge in [0, 0.05) is 20.1 Å². The smallest absolute Gasteiger partial charge is 0.238 e. The maximum atomic E-state index is 12.2. The molecule has 0 saturated carbocycles. The molecule has 100 valence electrons. The van der Waals surface area contributed by atoms with Gasteiger partial charge in [0.2, 0.25) is 5.91 Å². The van der Waals surface area contributed by atoms with E-state index in [-0.39, 0.29) is 17.5 Å². The van der Waals surface area contributed by atoms with Crippen molar-refractivity contribution >= 4 is 5.91 Å². The minimum absolute atomic E-state index is 0.00861. The van der Waals surface area contributed by atoms with Crippen LogP contribution in [0.1, 0.15) is 25.2 Å². The second-order valence-corrected chi connectivity index (χ2v) is 5.27. The number of H-pyrrole nitrogens is 1. The van der Waals surface area contributed by atoms with Crippen LogP contribution in [0.2, 0.25) is 0 Å². The van der Waals surface area contributed by atoms with Gasteiger partial charge in [-0.05, 0) is 13.8 Å². The first-order valence-electron chi connectivity index (χ1n) is 6.07. The molecule has 1 atom stereocenters. The molecule has 0 saturated heterocycles. The summed E-state index contributed by atoms with van der Waals surface area (Å²) in [7, 11) is 1.63. The zero-order valence-electron chi connectivity index (χ0n) is 11.0. The van der Waals surface area contributed by atoms with E-state index in [1.807, 2.05) is 13.8 Å². The Morgan fingerprint density at radius 1 is 1.67 bits per heavy atom. The lowest BCUT2D eigenvalue weighted by Gasteiger charge is -2.29. The van der Waals surface area contributed by atoms with Gasteiger partial charge in [0.05, 0.1) is 35.9 Å². The zero-order chi connectivity index (χ0) is 13.2. The first-order chi connectivity index (χ1) is 8.52. The molecule has 0 fully saturated rings. The molecule has 1 aliphatic rings. The second-order valence-electron chi connectivity index (χ2n) is 5.27. The topological polar surface area (TPSA) is 79.0 Å². The van der Waals surface area contributed by atoms with Gasteiger partial charge in [-0.2, -0.15) is 0 Å². The van der Waals surface area contributed by atoms with E-state index in [1.54, 1.807) is 13.4 Å². The van der Waals surface area contributed by atoms with Crippen LogP contribution in [0, 0.1) is 0 Å². The average Bonchev–Trinajstić information content (AvgIpc) is 2.74. The zero-order valence-corrected chi connectivity index (χ0v) is 11.0. The fourth-order valence-corrected chi connectivity index (χ4v) is 2.17. The van der Waals surface area contributed by atoms with E-state index < -0.39 is 0 Å². The number of carbonyl (C=O) groups is 1. The highest BCUT2D eigenvalue weighted by Crippen LogP contribution is 2.13. The van der Waals surface area contributed by atoms with Gasteiger partial charge in [-0.15, -0.1) is 0 Å². The van der Waals surface area contributed by atoms with Crippen molar-refractivity contribution < 1.29 is 9.53 Å². The predicted molar refractivity (Wildman–Crippen MR) is 67.0 cm³/mol. The molecule has 3 N–H and O–H groups in total. The summed E-state index contributed by atoms with van der Waals surface area (Å²) >= 11 is 0. The van der Waals surface area contributed by atoms with E-state index in [0.29, 0.717) is 19.6 Å². The Morgan fingerprint density at radius 2 is 2.44 bits per heavy atom. The molecule has 18 heavy (non-hydrogen) atoms. The molecule has 1 aromatic rings. The molecule has 1 unspecified atom stereocenters. The van der Waals surface area contributed by atoms with Crippen molar-refractivity contribution in [2.45, 2.75) is 38.4 Å². The summed E-state index contributed by atoms with van der Waals surface area (Å²) in [5, 5.41) is 6.19. The summed E-state index contributed by atoms with van der Waals surface area (Å²) < 4.78 is 5.09. The number of amides is 1. The second kappa shape index (κ2) is 5.07. The molecule has 0 aliphatic carbocycles. The highest BCUT2D eigenvalue weighted by Gasteiger charge is 2.29. The first kappa shape index (κ1) is 13.0. The van der Waals surface area contributed by atoms with Crippen molar-refractivity contribution in [3.05, 3.63) is 17.7 Å². The molecule has 1 aliphatic heterocycles. The van der Waals surface area contributed by atoms with Crippen LogP contribution in [0.4, 0.5) is 0 Å². The number of aromatic amines is 1. The summed E-state index contributed by atoms with van der Waals surface area (Å²) in [6, 6.07) is -0.225. The van der Waals surface area contributed by atoms with E-state index in [9.17, 15) is 4.79 Å². The largest absolute Gasteiger partial charge is 0.382 e. The van der Waals surface area contributed by atoms with Crippen LogP contribution in [0.3, 0.4) is 0 Å². The van der Waals surface area contributed by atoms with E-state index >= 15 is 0 Å². The number of rotatable bonds is 4. The third kappa shape index (κ3) is 2.88. The van der Waals surface area contributed by atoms with E-state index in [4.69, 9.17) is 4.74 Å². The fourth-order valence-electron chi connectivity index (χ4n) is 2.17. The maximum absolute atomic E-state index is 12.2.